The van der Waals surface area contributed by atoms with E-state index in [1.165, 1.54) is 5.56 Å². The summed E-state index contributed by atoms with van der Waals surface area (Å²) in [6.45, 7) is 13.8. The summed E-state index contributed by atoms with van der Waals surface area (Å²) in [7, 11) is 0. The molecule has 0 heterocycles. The number of hydrogen-bond donors (Lipinski definition) is 0. The Morgan fingerprint density at radius 2 is 1.56 bits per heavy atom. The molecule has 0 saturated heterocycles. The van der Waals surface area contributed by atoms with Crippen LogP contribution in [0.3, 0.4) is 0 Å². The zero-order valence-electron chi connectivity index (χ0n) is 12.5. The summed E-state index contributed by atoms with van der Waals surface area (Å²) in [5, 5.41) is 0. The van der Waals surface area contributed by atoms with Gasteiger partial charge in [-0.25, -0.2) is 0 Å². The topological polar surface area (TPSA) is 26.3 Å². The lowest BCUT2D eigenvalue weighted by Crippen LogP contribution is -2.27. The van der Waals surface area contributed by atoms with Gasteiger partial charge in [-0.15, -0.1) is 0 Å². The first kappa shape index (κ1) is 14.7. The molecule has 1 rings (SSSR count). The summed E-state index contributed by atoms with van der Waals surface area (Å²) in [6.07, 6.45) is 0. The third-order valence-corrected chi connectivity index (χ3v) is 2.93. The zero-order chi connectivity index (χ0) is 14.1. The summed E-state index contributed by atoms with van der Waals surface area (Å²) in [4.78, 5) is 12.1. The number of aryl methyl sites for hydroxylation is 3. The van der Waals surface area contributed by atoms with Crippen molar-refractivity contribution in [3.8, 4) is 0 Å². The highest BCUT2D eigenvalue weighted by Gasteiger charge is 2.25. The van der Waals surface area contributed by atoms with Gasteiger partial charge in [-0.1, -0.05) is 17.7 Å². The van der Waals surface area contributed by atoms with Gasteiger partial charge in [0.05, 0.1) is 5.92 Å². The standard InChI is InChI=1S/C16H24O2/c1-10-8-11(2)14(12(3)9-10)13(4)15(17)18-16(5,6)7/h8-9,13H,1-7H3. The molecule has 2 heteroatoms. The van der Waals surface area contributed by atoms with Crippen molar-refractivity contribution in [2.24, 2.45) is 0 Å². The molecule has 0 spiro atoms. The van der Waals surface area contributed by atoms with Crippen molar-refractivity contribution in [2.45, 2.75) is 60.0 Å². The predicted molar refractivity (Wildman–Crippen MR) is 74.9 cm³/mol. The lowest BCUT2D eigenvalue weighted by Gasteiger charge is -2.24. The first-order chi connectivity index (χ1) is 8.11. The van der Waals surface area contributed by atoms with Crippen LogP contribution in [0.5, 0.6) is 0 Å². The van der Waals surface area contributed by atoms with Gasteiger partial charge in [-0.05, 0) is 65.2 Å². The lowest BCUT2D eigenvalue weighted by atomic mass is 9.90. The molecule has 0 bridgehead atoms. The van der Waals surface area contributed by atoms with E-state index < -0.39 is 5.60 Å². The Balaban J connectivity index is 3.04. The fourth-order valence-electron chi connectivity index (χ4n) is 2.38. The molecule has 0 aromatic heterocycles. The third-order valence-electron chi connectivity index (χ3n) is 2.93. The van der Waals surface area contributed by atoms with Crippen LogP contribution in [0.1, 0.15) is 55.9 Å². The fourth-order valence-corrected chi connectivity index (χ4v) is 2.38. The fraction of sp³-hybridized carbons (Fsp3) is 0.562. The number of benzene rings is 1. The van der Waals surface area contributed by atoms with Crippen molar-refractivity contribution >= 4 is 5.97 Å². The Labute approximate surface area is 110 Å². The van der Waals surface area contributed by atoms with Crippen molar-refractivity contribution < 1.29 is 9.53 Å². The molecule has 1 atom stereocenters. The Hall–Kier alpha value is -1.31. The molecule has 0 aliphatic heterocycles. The number of hydrogen-bond acceptors (Lipinski definition) is 2. The first-order valence-corrected chi connectivity index (χ1v) is 6.42. The van der Waals surface area contributed by atoms with Crippen molar-refractivity contribution in [3.05, 3.63) is 34.4 Å². The quantitative estimate of drug-likeness (QED) is 0.738. The van der Waals surface area contributed by atoms with Crippen LogP contribution in [0.4, 0.5) is 0 Å². The molecule has 0 aliphatic carbocycles. The van der Waals surface area contributed by atoms with Crippen molar-refractivity contribution in [1.29, 1.82) is 0 Å². The van der Waals surface area contributed by atoms with Gasteiger partial charge < -0.3 is 4.74 Å². The summed E-state index contributed by atoms with van der Waals surface area (Å²) in [5.41, 5.74) is 4.20. The van der Waals surface area contributed by atoms with Crippen LogP contribution >= 0.6 is 0 Å². The van der Waals surface area contributed by atoms with Crippen LogP contribution < -0.4 is 0 Å². The zero-order valence-corrected chi connectivity index (χ0v) is 12.5. The van der Waals surface area contributed by atoms with Crippen molar-refractivity contribution in [2.75, 3.05) is 0 Å². The van der Waals surface area contributed by atoms with Crippen LogP contribution in [0.25, 0.3) is 0 Å². The van der Waals surface area contributed by atoms with Crippen molar-refractivity contribution in [1.82, 2.24) is 0 Å². The highest BCUT2D eigenvalue weighted by Crippen LogP contribution is 2.27. The summed E-state index contributed by atoms with van der Waals surface area (Å²) < 4.78 is 5.46. The average molecular weight is 248 g/mol. The van der Waals surface area contributed by atoms with E-state index in [-0.39, 0.29) is 11.9 Å². The van der Waals surface area contributed by atoms with E-state index in [1.807, 2.05) is 27.7 Å². The maximum atomic E-state index is 12.1. The van der Waals surface area contributed by atoms with Crippen LogP contribution in [-0.2, 0) is 9.53 Å². The predicted octanol–water partition coefficient (Wildman–Crippen LogP) is 4.06. The van der Waals surface area contributed by atoms with E-state index in [0.717, 1.165) is 16.7 Å². The molecule has 0 radical (unpaired) electrons. The normalized spacial score (nSPS) is 13.3. The Bertz CT molecular complexity index is 430. The molecule has 2 nitrogen and oxygen atoms in total. The maximum Gasteiger partial charge on any atom is 0.313 e. The monoisotopic (exact) mass is 248 g/mol. The van der Waals surface area contributed by atoms with E-state index in [4.69, 9.17) is 4.74 Å². The number of rotatable bonds is 2. The molecule has 0 saturated carbocycles. The molecular formula is C16H24O2. The second kappa shape index (κ2) is 5.13. The molecule has 100 valence electrons. The van der Waals surface area contributed by atoms with Gasteiger partial charge in [-0.3, -0.25) is 4.79 Å². The van der Waals surface area contributed by atoms with E-state index in [0.29, 0.717) is 0 Å². The van der Waals surface area contributed by atoms with Crippen LogP contribution in [0, 0.1) is 20.8 Å². The second-order valence-electron chi connectivity index (χ2n) is 6.07. The summed E-state index contributed by atoms with van der Waals surface area (Å²) >= 11 is 0. The lowest BCUT2D eigenvalue weighted by molar-refractivity contribution is -0.156. The molecule has 0 aliphatic rings. The minimum absolute atomic E-state index is 0.155. The minimum Gasteiger partial charge on any atom is -0.460 e. The van der Waals surface area contributed by atoms with Gasteiger partial charge in [0, 0.05) is 0 Å². The Morgan fingerprint density at radius 1 is 1.11 bits per heavy atom. The molecular weight excluding hydrogens is 224 g/mol. The van der Waals surface area contributed by atoms with Gasteiger partial charge in [-0.2, -0.15) is 0 Å². The summed E-state index contributed by atoms with van der Waals surface area (Å²) in [6, 6.07) is 4.23. The van der Waals surface area contributed by atoms with E-state index >= 15 is 0 Å². The van der Waals surface area contributed by atoms with Gasteiger partial charge >= 0.3 is 5.97 Å². The van der Waals surface area contributed by atoms with Gasteiger partial charge in [0.15, 0.2) is 0 Å². The summed E-state index contributed by atoms with van der Waals surface area (Å²) in [5.74, 6) is -0.373. The molecule has 1 aromatic carbocycles. The maximum absolute atomic E-state index is 12.1. The largest absolute Gasteiger partial charge is 0.460 e. The van der Waals surface area contributed by atoms with Gasteiger partial charge in [0.1, 0.15) is 5.60 Å². The van der Waals surface area contributed by atoms with E-state index in [9.17, 15) is 4.79 Å². The number of carbonyl (C=O) groups excluding carboxylic acids is 1. The number of carbonyl (C=O) groups is 1. The van der Waals surface area contributed by atoms with Gasteiger partial charge in [0.25, 0.3) is 0 Å². The molecule has 1 unspecified atom stereocenters. The molecule has 0 amide bonds. The molecule has 18 heavy (non-hydrogen) atoms. The number of ether oxygens (including phenoxy) is 1. The Morgan fingerprint density at radius 3 is 1.94 bits per heavy atom. The van der Waals surface area contributed by atoms with Crippen molar-refractivity contribution in [3.63, 3.8) is 0 Å². The van der Waals surface area contributed by atoms with Crippen LogP contribution in [-0.4, -0.2) is 11.6 Å². The second-order valence-corrected chi connectivity index (χ2v) is 6.07. The Kier molecular flexibility index (Phi) is 4.20. The van der Waals surface area contributed by atoms with Gasteiger partial charge in [0.2, 0.25) is 0 Å². The molecule has 0 N–H and O–H groups in total. The third kappa shape index (κ3) is 3.59. The minimum atomic E-state index is -0.433. The van der Waals surface area contributed by atoms with E-state index in [2.05, 4.69) is 32.9 Å². The first-order valence-electron chi connectivity index (χ1n) is 6.42. The highest BCUT2D eigenvalue weighted by atomic mass is 16.6. The van der Waals surface area contributed by atoms with Crippen LogP contribution in [0.2, 0.25) is 0 Å². The van der Waals surface area contributed by atoms with Crippen LogP contribution in [0.15, 0.2) is 12.1 Å². The SMILES string of the molecule is Cc1cc(C)c(C(C)C(=O)OC(C)(C)C)c(C)c1. The highest BCUT2D eigenvalue weighted by molar-refractivity contribution is 5.79. The molecule has 1 aromatic rings. The average Bonchev–Trinajstić information content (AvgIpc) is 2.12. The van der Waals surface area contributed by atoms with E-state index in [1.54, 1.807) is 0 Å². The number of esters is 1. The smallest absolute Gasteiger partial charge is 0.313 e. The molecule has 0 fully saturated rings.